The summed E-state index contributed by atoms with van der Waals surface area (Å²) in [4.78, 5) is 9.07. The minimum atomic E-state index is 0.0770. The van der Waals surface area contributed by atoms with E-state index in [4.69, 9.17) is 15.5 Å². The molecule has 1 aromatic heterocycles. The van der Waals surface area contributed by atoms with Crippen LogP contribution in [0.4, 0.5) is 0 Å². The molecule has 2 aromatic rings. The third-order valence-corrected chi connectivity index (χ3v) is 4.06. The molecule has 0 saturated carbocycles. The molecule has 1 aliphatic heterocycles. The zero-order chi connectivity index (χ0) is 15.7. The van der Waals surface area contributed by atoms with Crippen LogP contribution in [0.5, 0.6) is 5.75 Å². The number of ether oxygens (including phenoxy) is 1. The van der Waals surface area contributed by atoms with E-state index in [0.29, 0.717) is 6.54 Å². The van der Waals surface area contributed by atoms with E-state index in [1.54, 1.807) is 0 Å². The molecule has 4 nitrogen and oxygen atoms in total. The molecule has 2 N–H and O–H groups in total. The second-order valence-corrected chi connectivity index (χ2v) is 6.02. The van der Waals surface area contributed by atoms with Gasteiger partial charge in [0.1, 0.15) is 17.7 Å². The largest absolute Gasteiger partial charge is 0.488 e. The summed E-state index contributed by atoms with van der Waals surface area (Å²) >= 11 is 0. The van der Waals surface area contributed by atoms with Gasteiger partial charge in [-0.05, 0) is 43.0 Å². The van der Waals surface area contributed by atoms with E-state index in [1.165, 1.54) is 16.7 Å². The van der Waals surface area contributed by atoms with Crippen molar-refractivity contribution in [2.45, 2.75) is 46.1 Å². The second-order valence-electron chi connectivity index (χ2n) is 6.02. The van der Waals surface area contributed by atoms with Gasteiger partial charge in [0.15, 0.2) is 0 Å². The molecule has 1 aromatic carbocycles. The number of aryl methyl sites for hydroxylation is 3. The first-order chi connectivity index (χ1) is 10.6. The molecule has 4 heteroatoms. The minimum Gasteiger partial charge on any atom is -0.488 e. The van der Waals surface area contributed by atoms with Crippen molar-refractivity contribution in [3.63, 3.8) is 0 Å². The first-order valence-corrected chi connectivity index (χ1v) is 7.95. The fraction of sp³-hybridized carbons (Fsp3) is 0.444. The van der Waals surface area contributed by atoms with Crippen molar-refractivity contribution in [3.8, 4) is 17.0 Å². The van der Waals surface area contributed by atoms with E-state index >= 15 is 0 Å². The lowest BCUT2D eigenvalue weighted by atomic mass is 9.97. The van der Waals surface area contributed by atoms with Crippen LogP contribution in [0.1, 0.15) is 35.9 Å². The number of hydrogen-bond donors (Lipinski definition) is 1. The number of rotatable bonds is 4. The maximum absolute atomic E-state index is 6.08. The van der Waals surface area contributed by atoms with E-state index in [-0.39, 0.29) is 6.10 Å². The van der Waals surface area contributed by atoms with Crippen LogP contribution < -0.4 is 10.5 Å². The molecule has 2 heterocycles. The van der Waals surface area contributed by atoms with Crippen LogP contribution in [0.2, 0.25) is 0 Å². The van der Waals surface area contributed by atoms with E-state index in [9.17, 15) is 0 Å². The molecule has 0 fully saturated rings. The van der Waals surface area contributed by atoms with Gasteiger partial charge < -0.3 is 10.5 Å². The van der Waals surface area contributed by atoms with Gasteiger partial charge in [0.05, 0.1) is 5.69 Å². The van der Waals surface area contributed by atoms with Crippen LogP contribution in [0, 0.1) is 13.8 Å². The molecule has 0 unspecified atom stereocenters. The first kappa shape index (κ1) is 15.0. The summed E-state index contributed by atoms with van der Waals surface area (Å²) in [6, 6.07) is 4.36. The van der Waals surface area contributed by atoms with Crippen molar-refractivity contribution in [2.24, 2.45) is 5.73 Å². The Bertz CT molecular complexity index is 697. The first-order valence-electron chi connectivity index (χ1n) is 7.95. The van der Waals surface area contributed by atoms with Gasteiger partial charge in [0, 0.05) is 24.7 Å². The lowest BCUT2D eigenvalue weighted by Crippen LogP contribution is -2.24. The van der Waals surface area contributed by atoms with Gasteiger partial charge in [-0.3, -0.25) is 0 Å². The van der Waals surface area contributed by atoms with Gasteiger partial charge in [0.25, 0.3) is 0 Å². The summed E-state index contributed by atoms with van der Waals surface area (Å²) in [6.45, 7) is 6.76. The fourth-order valence-electron chi connectivity index (χ4n) is 3.08. The SMILES string of the molecule is CCCc1cnc(C)nc1-c1cc(C)cc2c1O[C@H](CN)C2. The molecule has 0 bridgehead atoms. The van der Waals surface area contributed by atoms with Crippen LogP contribution in [0.3, 0.4) is 0 Å². The normalized spacial score (nSPS) is 16.5. The van der Waals surface area contributed by atoms with Crippen LogP contribution in [-0.2, 0) is 12.8 Å². The van der Waals surface area contributed by atoms with E-state index in [2.05, 4.69) is 31.0 Å². The summed E-state index contributed by atoms with van der Waals surface area (Å²) in [5.74, 6) is 1.75. The standard InChI is InChI=1S/C18H23N3O/c1-4-5-13-10-20-12(3)21-17(13)16-7-11(2)6-14-8-15(9-19)22-18(14)16/h6-7,10,15H,4-5,8-9,19H2,1-3H3/t15-/m0/s1. The van der Waals surface area contributed by atoms with Crippen LogP contribution in [0.15, 0.2) is 18.3 Å². The molecular weight excluding hydrogens is 274 g/mol. The fourth-order valence-corrected chi connectivity index (χ4v) is 3.08. The van der Waals surface area contributed by atoms with Crippen molar-refractivity contribution in [2.75, 3.05) is 6.54 Å². The highest BCUT2D eigenvalue weighted by Gasteiger charge is 2.26. The molecule has 116 valence electrons. The lowest BCUT2D eigenvalue weighted by Gasteiger charge is -2.14. The summed E-state index contributed by atoms with van der Waals surface area (Å²) in [5, 5.41) is 0. The Balaban J connectivity index is 2.16. The summed E-state index contributed by atoms with van der Waals surface area (Å²) in [6.07, 6.45) is 4.95. The summed E-state index contributed by atoms with van der Waals surface area (Å²) in [7, 11) is 0. The molecule has 0 amide bonds. The molecule has 3 rings (SSSR count). The topological polar surface area (TPSA) is 61.0 Å². The highest BCUT2D eigenvalue weighted by molar-refractivity contribution is 5.73. The second kappa shape index (κ2) is 6.05. The Labute approximate surface area is 131 Å². The van der Waals surface area contributed by atoms with Gasteiger partial charge in [-0.2, -0.15) is 0 Å². The highest BCUT2D eigenvalue weighted by atomic mass is 16.5. The lowest BCUT2D eigenvalue weighted by molar-refractivity contribution is 0.242. The Morgan fingerprint density at radius 2 is 2.14 bits per heavy atom. The number of fused-ring (bicyclic) bond motifs is 1. The van der Waals surface area contributed by atoms with Gasteiger partial charge >= 0.3 is 0 Å². The van der Waals surface area contributed by atoms with Crippen molar-refractivity contribution < 1.29 is 4.74 Å². The smallest absolute Gasteiger partial charge is 0.132 e. The number of nitrogens with two attached hydrogens (primary N) is 1. The van der Waals surface area contributed by atoms with Gasteiger partial charge in [-0.15, -0.1) is 0 Å². The number of hydrogen-bond acceptors (Lipinski definition) is 4. The number of aromatic nitrogens is 2. The van der Waals surface area contributed by atoms with Gasteiger partial charge in [0.2, 0.25) is 0 Å². The predicted molar refractivity (Wildman–Crippen MR) is 88.1 cm³/mol. The maximum atomic E-state index is 6.08. The average Bonchev–Trinajstić information content (AvgIpc) is 2.91. The Hall–Kier alpha value is -1.94. The van der Waals surface area contributed by atoms with Crippen LogP contribution in [0.25, 0.3) is 11.3 Å². The molecule has 1 aliphatic rings. The maximum Gasteiger partial charge on any atom is 0.132 e. The zero-order valence-electron chi connectivity index (χ0n) is 13.5. The van der Waals surface area contributed by atoms with E-state index in [0.717, 1.165) is 42.1 Å². The third kappa shape index (κ3) is 2.71. The van der Waals surface area contributed by atoms with Gasteiger partial charge in [-0.25, -0.2) is 9.97 Å². The Morgan fingerprint density at radius 3 is 2.86 bits per heavy atom. The molecule has 0 radical (unpaired) electrons. The third-order valence-electron chi connectivity index (χ3n) is 4.06. The molecule has 0 aliphatic carbocycles. The average molecular weight is 297 g/mol. The van der Waals surface area contributed by atoms with E-state index in [1.807, 2.05) is 13.1 Å². The van der Waals surface area contributed by atoms with Crippen molar-refractivity contribution >= 4 is 0 Å². The van der Waals surface area contributed by atoms with Crippen molar-refractivity contribution in [3.05, 3.63) is 40.8 Å². The zero-order valence-corrected chi connectivity index (χ0v) is 13.5. The summed E-state index contributed by atoms with van der Waals surface area (Å²) < 4.78 is 6.08. The van der Waals surface area contributed by atoms with Gasteiger partial charge in [-0.1, -0.05) is 19.4 Å². The molecular formula is C18H23N3O. The highest BCUT2D eigenvalue weighted by Crippen LogP contribution is 2.40. The molecule has 22 heavy (non-hydrogen) atoms. The van der Waals surface area contributed by atoms with E-state index < -0.39 is 0 Å². The van der Waals surface area contributed by atoms with Crippen molar-refractivity contribution in [1.29, 1.82) is 0 Å². The quantitative estimate of drug-likeness (QED) is 0.942. The minimum absolute atomic E-state index is 0.0770. The Morgan fingerprint density at radius 1 is 1.32 bits per heavy atom. The number of benzene rings is 1. The molecule has 0 spiro atoms. The summed E-state index contributed by atoms with van der Waals surface area (Å²) in [5.41, 5.74) is 11.5. The predicted octanol–water partition coefficient (Wildman–Crippen LogP) is 2.98. The molecule has 0 saturated heterocycles. The molecule has 1 atom stereocenters. The monoisotopic (exact) mass is 297 g/mol. The van der Waals surface area contributed by atoms with Crippen molar-refractivity contribution in [1.82, 2.24) is 9.97 Å². The Kier molecular flexibility index (Phi) is 4.12. The van der Waals surface area contributed by atoms with Crippen LogP contribution >= 0.6 is 0 Å². The van der Waals surface area contributed by atoms with Crippen LogP contribution in [-0.4, -0.2) is 22.6 Å². The number of nitrogens with zero attached hydrogens (tertiary/aromatic N) is 2.